The van der Waals surface area contributed by atoms with Gasteiger partial charge in [0.15, 0.2) is 0 Å². The summed E-state index contributed by atoms with van der Waals surface area (Å²) in [6.07, 6.45) is -3.06. The minimum Gasteiger partial charge on any atom is -0.368 e. The first-order valence-corrected chi connectivity index (χ1v) is 12.4. The maximum Gasteiger partial charge on any atom is 0.418 e. The molecule has 2 aromatic carbocycles. The molecule has 1 amide bonds. The Morgan fingerprint density at radius 1 is 1.13 bits per heavy atom. The van der Waals surface area contributed by atoms with Crippen molar-refractivity contribution in [3.63, 3.8) is 0 Å². The lowest BCUT2D eigenvalue weighted by Crippen LogP contribution is -2.44. The summed E-state index contributed by atoms with van der Waals surface area (Å²) in [5.41, 5.74) is 6.66. The molecule has 13 heteroatoms. The second-order valence-corrected chi connectivity index (χ2v) is 9.56. The Hall–Kier alpha value is -3.54. The van der Waals surface area contributed by atoms with Crippen LogP contribution in [-0.2, 0) is 12.6 Å². The fourth-order valence-corrected chi connectivity index (χ4v) is 5.08. The Morgan fingerprint density at radius 2 is 1.84 bits per heavy atom. The van der Waals surface area contributed by atoms with E-state index in [-0.39, 0.29) is 29.2 Å². The second-order valence-electron chi connectivity index (χ2n) is 8.74. The molecule has 5 rings (SSSR count). The molecule has 0 unspecified atom stereocenters. The molecule has 0 spiro atoms. The van der Waals surface area contributed by atoms with Gasteiger partial charge in [-0.1, -0.05) is 29.3 Å². The average Bonchev–Trinajstić information content (AvgIpc) is 3.36. The number of nitrogens with one attached hydrogen (secondary N) is 3. The molecular formula is C25H22Cl2F3N7O. The SMILES string of the molecule is NC(=O)c1c(Nc2ccc(N3CCNCC3)c(C(F)(F)F)c2)nc(Cc2c(Cl)cccc2Cl)c2nc[nH]c12. The highest BCUT2D eigenvalue weighted by molar-refractivity contribution is 6.36. The van der Waals surface area contributed by atoms with Crippen LogP contribution in [0.15, 0.2) is 42.7 Å². The minimum atomic E-state index is -4.60. The summed E-state index contributed by atoms with van der Waals surface area (Å²) in [5.74, 6) is -0.847. The number of nitrogens with two attached hydrogens (primary N) is 1. The van der Waals surface area contributed by atoms with E-state index in [4.69, 9.17) is 28.9 Å². The van der Waals surface area contributed by atoms with Crippen LogP contribution >= 0.6 is 23.2 Å². The van der Waals surface area contributed by atoms with Gasteiger partial charge in [0.2, 0.25) is 0 Å². The second kappa shape index (κ2) is 10.3. The van der Waals surface area contributed by atoms with Gasteiger partial charge < -0.3 is 26.3 Å². The Bertz CT molecular complexity index is 1500. The van der Waals surface area contributed by atoms with E-state index in [1.807, 2.05) is 0 Å². The minimum absolute atomic E-state index is 0.0181. The van der Waals surface area contributed by atoms with Crippen molar-refractivity contribution < 1.29 is 18.0 Å². The summed E-state index contributed by atoms with van der Waals surface area (Å²) in [6.45, 7) is 2.08. The lowest BCUT2D eigenvalue weighted by molar-refractivity contribution is -0.137. The van der Waals surface area contributed by atoms with Crippen molar-refractivity contribution >= 4 is 57.3 Å². The average molecular weight is 564 g/mol. The molecule has 0 atom stereocenters. The van der Waals surface area contributed by atoms with Gasteiger partial charge in [0.05, 0.1) is 23.1 Å². The van der Waals surface area contributed by atoms with Crippen LogP contribution < -0.4 is 21.3 Å². The number of halogens is 5. The summed E-state index contributed by atoms with van der Waals surface area (Å²) >= 11 is 12.7. The molecule has 1 aliphatic rings. The molecule has 4 aromatic rings. The van der Waals surface area contributed by atoms with E-state index < -0.39 is 17.6 Å². The van der Waals surface area contributed by atoms with E-state index in [1.165, 1.54) is 18.5 Å². The zero-order valence-corrected chi connectivity index (χ0v) is 21.3. The van der Waals surface area contributed by atoms with Crippen molar-refractivity contribution in [2.24, 2.45) is 5.73 Å². The fraction of sp³-hybridized carbons (Fsp3) is 0.240. The normalized spacial score (nSPS) is 14.2. The largest absolute Gasteiger partial charge is 0.418 e. The van der Waals surface area contributed by atoms with Crippen LogP contribution in [0.5, 0.6) is 0 Å². The molecule has 38 heavy (non-hydrogen) atoms. The highest BCUT2D eigenvalue weighted by atomic mass is 35.5. The number of piperazine rings is 1. The van der Waals surface area contributed by atoms with E-state index in [2.05, 4.69) is 25.6 Å². The van der Waals surface area contributed by atoms with E-state index >= 15 is 0 Å². The van der Waals surface area contributed by atoms with Crippen molar-refractivity contribution in [2.45, 2.75) is 12.6 Å². The van der Waals surface area contributed by atoms with Crippen LogP contribution in [0, 0.1) is 0 Å². The molecule has 198 valence electrons. The molecule has 1 fully saturated rings. The molecule has 0 aliphatic carbocycles. The third-order valence-electron chi connectivity index (χ3n) is 6.32. The quantitative estimate of drug-likeness (QED) is 0.259. The van der Waals surface area contributed by atoms with Gasteiger partial charge in [0.25, 0.3) is 5.91 Å². The van der Waals surface area contributed by atoms with Crippen LogP contribution in [0.25, 0.3) is 11.0 Å². The summed E-state index contributed by atoms with van der Waals surface area (Å²) in [5, 5.41) is 6.83. The Balaban J connectivity index is 1.60. The first kappa shape index (κ1) is 26.1. The number of aromatic amines is 1. The molecule has 0 radical (unpaired) electrons. The summed E-state index contributed by atoms with van der Waals surface area (Å²) in [7, 11) is 0. The van der Waals surface area contributed by atoms with Crippen molar-refractivity contribution in [1.82, 2.24) is 20.3 Å². The monoisotopic (exact) mass is 563 g/mol. The first-order chi connectivity index (χ1) is 18.1. The van der Waals surface area contributed by atoms with Crippen LogP contribution in [0.2, 0.25) is 10.0 Å². The van der Waals surface area contributed by atoms with Gasteiger partial charge in [-0.15, -0.1) is 0 Å². The number of benzene rings is 2. The van der Waals surface area contributed by atoms with Crippen molar-refractivity contribution in [3.8, 4) is 0 Å². The number of amides is 1. The Labute approximate surface area is 225 Å². The topological polar surface area (TPSA) is 112 Å². The van der Waals surface area contributed by atoms with Gasteiger partial charge in [-0.3, -0.25) is 4.79 Å². The Morgan fingerprint density at radius 3 is 2.50 bits per heavy atom. The van der Waals surface area contributed by atoms with E-state index in [9.17, 15) is 18.0 Å². The molecule has 2 aromatic heterocycles. The number of rotatable bonds is 6. The maximum absolute atomic E-state index is 14.1. The van der Waals surface area contributed by atoms with Gasteiger partial charge in [-0.2, -0.15) is 13.2 Å². The molecule has 0 bridgehead atoms. The van der Waals surface area contributed by atoms with Gasteiger partial charge >= 0.3 is 6.18 Å². The fourth-order valence-electron chi connectivity index (χ4n) is 4.55. The molecule has 5 N–H and O–H groups in total. The number of carbonyl (C=O) groups is 1. The number of imidazole rings is 1. The van der Waals surface area contributed by atoms with Crippen LogP contribution in [-0.4, -0.2) is 47.0 Å². The smallest absolute Gasteiger partial charge is 0.368 e. The number of carbonyl (C=O) groups excluding carboxylic acids is 1. The van der Waals surface area contributed by atoms with E-state index in [0.29, 0.717) is 58.5 Å². The first-order valence-electron chi connectivity index (χ1n) is 11.7. The number of hydrogen-bond acceptors (Lipinski definition) is 6. The summed E-state index contributed by atoms with van der Waals surface area (Å²) < 4.78 is 42.2. The van der Waals surface area contributed by atoms with E-state index in [1.54, 1.807) is 23.1 Å². The molecule has 1 saturated heterocycles. The number of H-pyrrole nitrogens is 1. The van der Waals surface area contributed by atoms with Gasteiger partial charge in [0, 0.05) is 54.0 Å². The third kappa shape index (κ3) is 5.09. The highest BCUT2D eigenvalue weighted by Gasteiger charge is 2.35. The zero-order chi connectivity index (χ0) is 27.0. The van der Waals surface area contributed by atoms with Crippen molar-refractivity contribution in [1.29, 1.82) is 0 Å². The Kier molecular flexibility index (Phi) is 7.08. The molecule has 1 aliphatic heterocycles. The summed E-state index contributed by atoms with van der Waals surface area (Å²) in [6, 6.07) is 9.00. The number of aromatic nitrogens is 3. The van der Waals surface area contributed by atoms with Crippen LogP contribution in [0.1, 0.15) is 27.2 Å². The highest BCUT2D eigenvalue weighted by Crippen LogP contribution is 2.39. The van der Waals surface area contributed by atoms with Crippen molar-refractivity contribution in [3.05, 3.63) is 75.2 Å². The lowest BCUT2D eigenvalue weighted by Gasteiger charge is -2.31. The third-order valence-corrected chi connectivity index (χ3v) is 7.03. The number of pyridine rings is 1. The number of hydrogen-bond donors (Lipinski definition) is 4. The molecule has 3 heterocycles. The van der Waals surface area contributed by atoms with Crippen molar-refractivity contribution in [2.75, 3.05) is 36.4 Å². The standard InChI is InChI=1S/C25H22Cl2F3N7O/c26-16-2-1-3-17(27)14(16)11-18-21-22(34-12-33-21)20(23(31)38)24(36-18)35-13-4-5-19(15(10-13)25(28,29)30)37-8-6-32-7-9-37/h1-5,10,12,32H,6-9,11H2,(H2,31,38)(H,33,34)(H,35,36). The number of primary amides is 1. The number of nitrogens with zero attached hydrogens (tertiary/aromatic N) is 3. The maximum atomic E-state index is 14.1. The number of fused-ring (bicyclic) bond motifs is 1. The number of alkyl halides is 3. The van der Waals surface area contributed by atoms with Gasteiger partial charge in [-0.25, -0.2) is 9.97 Å². The van der Waals surface area contributed by atoms with E-state index in [0.717, 1.165) is 6.07 Å². The van der Waals surface area contributed by atoms with Gasteiger partial charge in [-0.05, 0) is 35.9 Å². The predicted molar refractivity (Wildman–Crippen MR) is 141 cm³/mol. The van der Waals surface area contributed by atoms with Crippen LogP contribution in [0.4, 0.5) is 30.4 Å². The van der Waals surface area contributed by atoms with Gasteiger partial charge in [0.1, 0.15) is 16.9 Å². The zero-order valence-electron chi connectivity index (χ0n) is 19.8. The predicted octanol–water partition coefficient (Wildman–Crippen LogP) is 5.13. The molecular weight excluding hydrogens is 542 g/mol. The summed E-state index contributed by atoms with van der Waals surface area (Å²) in [4.78, 5) is 25.9. The number of anilines is 3. The molecule has 8 nitrogen and oxygen atoms in total. The lowest BCUT2D eigenvalue weighted by atomic mass is 10.1. The molecule has 0 saturated carbocycles. The van der Waals surface area contributed by atoms with Crippen LogP contribution in [0.3, 0.4) is 0 Å².